The van der Waals surface area contributed by atoms with Gasteiger partial charge in [-0.05, 0) is 55.8 Å². The van der Waals surface area contributed by atoms with Crippen LogP contribution in [0.15, 0.2) is 83.3 Å². The minimum atomic E-state index is -0.445. The molecule has 4 rings (SSSR count). The quantitative estimate of drug-likeness (QED) is 0.456. The molecule has 1 heterocycles. The number of nitrogens with zero attached hydrogens (tertiary/aromatic N) is 1. The molecule has 2 amide bonds. The van der Waals surface area contributed by atoms with E-state index in [1.165, 1.54) is 0 Å². The van der Waals surface area contributed by atoms with Crippen LogP contribution >= 0.6 is 0 Å². The summed E-state index contributed by atoms with van der Waals surface area (Å²) in [5.41, 5.74) is 3.42. The second-order valence-corrected chi connectivity index (χ2v) is 7.11. The molecule has 0 unspecified atom stereocenters. The lowest BCUT2D eigenvalue weighted by Gasteiger charge is -2.11. The van der Waals surface area contributed by atoms with Crippen LogP contribution in [0.5, 0.6) is 0 Å². The van der Waals surface area contributed by atoms with Gasteiger partial charge in [-0.2, -0.15) is 0 Å². The third kappa shape index (κ3) is 4.53. The summed E-state index contributed by atoms with van der Waals surface area (Å²) in [6.07, 6.45) is 0. The van der Waals surface area contributed by atoms with E-state index in [0.29, 0.717) is 28.6 Å². The molecule has 0 bridgehead atoms. The van der Waals surface area contributed by atoms with E-state index in [4.69, 9.17) is 4.42 Å². The first-order chi connectivity index (χ1) is 15.0. The Morgan fingerprint density at radius 1 is 0.806 bits per heavy atom. The summed E-state index contributed by atoms with van der Waals surface area (Å²) in [5, 5.41) is 5.65. The minimum absolute atomic E-state index is 0.174. The molecule has 154 valence electrons. The van der Waals surface area contributed by atoms with E-state index in [2.05, 4.69) is 15.6 Å². The molecule has 0 aliphatic carbocycles. The van der Waals surface area contributed by atoms with E-state index in [9.17, 15) is 9.59 Å². The predicted molar refractivity (Wildman–Crippen MR) is 120 cm³/mol. The fourth-order valence-corrected chi connectivity index (χ4v) is 3.20. The van der Waals surface area contributed by atoms with Gasteiger partial charge in [0.15, 0.2) is 5.69 Å². The monoisotopic (exact) mass is 411 g/mol. The predicted octanol–water partition coefficient (Wildman–Crippen LogP) is 5.46. The number of benzene rings is 3. The lowest BCUT2D eigenvalue weighted by atomic mass is 10.1. The number of aromatic nitrogens is 1. The van der Waals surface area contributed by atoms with Crippen LogP contribution in [-0.4, -0.2) is 16.8 Å². The highest BCUT2D eigenvalue weighted by Gasteiger charge is 2.20. The molecule has 1 aromatic heterocycles. The van der Waals surface area contributed by atoms with Crippen LogP contribution in [0.25, 0.3) is 11.5 Å². The van der Waals surface area contributed by atoms with E-state index >= 15 is 0 Å². The maximum Gasteiger partial charge on any atom is 0.277 e. The van der Waals surface area contributed by atoms with Gasteiger partial charge in [-0.1, -0.05) is 42.5 Å². The van der Waals surface area contributed by atoms with Gasteiger partial charge in [0.2, 0.25) is 5.89 Å². The zero-order valence-electron chi connectivity index (χ0n) is 17.2. The number of para-hydroxylation sites is 1. The van der Waals surface area contributed by atoms with Crippen molar-refractivity contribution >= 4 is 23.2 Å². The van der Waals surface area contributed by atoms with E-state index in [-0.39, 0.29) is 11.6 Å². The zero-order valence-corrected chi connectivity index (χ0v) is 17.2. The third-order valence-electron chi connectivity index (χ3n) is 4.73. The Bertz CT molecular complexity index is 1250. The zero-order chi connectivity index (χ0) is 21.8. The SMILES string of the molecule is Cc1cccc(NC(=O)c2ccccc2NC(=O)c2nc(-c3ccccc3)oc2C)c1. The molecule has 6 heteroatoms. The number of carbonyl (C=O) groups excluding carboxylic acids is 2. The normalized spacial score (nSPS) is 10.5. The van der Waals surface area contributed by atoms with Crippen molar-refractivity contribution in [3.63, 3.8) is 0 Å². The summed E-state index contributed by atoms with van der Waals surface area (Å²) in [6.45, 7) is 3.64. The third-order valence-corrected chi connectivity index (χ3v) is 4.73. The molecule has 0 aliphatic rings. The highest BCUT2D eigenvalue weighted by Crippen LogP contribution is 2.23. The average Bonchev–Trinajstić information content (AvgIpc) is 3.16. The van der Waals surface area contributed by atoms with Gasteiger partial charge >= 0.3 is 0 Å². The van der Waals surface area contributed by atoms with Gasteiger partial charge in [0.05, 0.1) is 11.3 Å². The highest BCUT2D eigenvalue weighted by molar-refractivity contribution is 6.12. The Balaban J connectivity index is 1.56. The molecule has 0 saturated carbocycles. The van der Waals surface area contributed by atoms with Gasteiger partial charge in [-0.3, -0.25) is 9.59 Å². The number of anilines is 2. The van der Waals surface area contributed by atoms with Crippen molar-refractivity contribution in [2.24, 2.45) is 0 Å². The number of amides is 2. The minimum Gasteiger partial charge on any atom is -0.441 e. The van der Waals surface area contributed by atoms with Crippen molar-refractivity contribution in [1.29, 1.82) is 0 Å². The van der Waals surface area contributed by atoms with E-state index < -0.39 is 5.91 Å². The first-order valence-electron chi connectivity index (χ1n) is 9.82. The first-order valence-corrected chi connectivity index (χ1v) is 9.82. The van der Waals surface area contributed by atoms with Crippen LogP contribution in [0.3, 0.4) is 0 Å². The van der Waals surface area contributed by atoms with Gasteiger partial charge in [-0.25, -0.2) is 4.98 Å². The van der Waals surface area contributed by atoms with Crippen molar-refractivity contribution in [1.82, 2.24) is 4.98 Å². The van der Waals surface area contributed by atoms with Crippen LogP contribution < -0.4 is 10.6 Å². The Hall–Kier alpha value is -4.19. The van der Waals surface area contributed by atoms with E-state index in [1.807, 2.05) is 61.5 Å². The molecule has 6 nitrogen and oxygen atoms in total. The van der Waals surface area contributed by atoms with Crippen LogP contribution in [0.4, 0.5) is 11.4 Å². The Labute approximate surface area is 179 Å². The van der Waals surface area contributed by atoms with Gasteiger partial charge < -0.3 is 15.1 Å². The van der Waals surface area contributed by atoms with Gasteiger partial charge in [0, 0.05) is 11.3 Å². The molecule has 0 atom stereocenters. The van der Waals surface area contributed by atoms with E-state index in [0.717, 1.165) is 11.1 Å². The molecule has 31 heavy (non-hydrogen) atoms. The Morgan fingerprint density at radius 2 is 1.55 bits per heavy atom. The van der Waals surface area contributed by atoms with Crippen molar-refractivity contribution < 1.29 is 14.0 Å². The number of oxazole rings is 1. The molecule has 0 saturated heterocycles. The molecule has 0 aliphatic heterocycles. The Kier molecular flexibility index (Phi) is 5.62. The second-order valence-electron chi connectivity index (χ2n) is 7.11. The lowest BCUT2D eigenvalue weighted by Crippen LogP contribution is -2.19. The molecule has 0 radical (unpaired) electrons. The maximum atomic E-state index is 12.9. The first kappa shape index (κ1) is 20.1. The summed E-state index contributed by atoms with van der Waals surface area (Å²) in [6, 6.07) is 23.7. The number of nitrogens with one attached hydrogen (secondary N) is 2. The van der Waals surface area contributed by atoms with Crippen LogP contribution in [0, 0.1) is 13.8 Å². The van der Waals surface area contributed by atoms with Crippen LogP contribution in [0.1, 0.15) is 32.2 Å². The summed E-state index contributed by atoms with van der Waals surface area (Å²) < 4.78 is 5.68. The Morgan fingerprint density at radius 3 is 2.32 bits per heavy atom. The second kappa shape index (κ2) is 8.67. The number of hydrogen-bond acceptors (Lipinski definition) is 4. The summed E-state index contributed by atoms with van der Waals surface area (Å²) in [7, 11) is 0. The van der Waals surface area contributed by atoms with Crippen LogP contribution in [0.2, 0.25) is 0 Å². The largest absolute Gasteiger partial charge is 0.441 e. The number of carbonyl (C=O) groups is 2. The molecule has 0 spiro atoms. The summed E-state index contributed by atoms with van der Waals surface area (Å²) in [5.74, 6) is 0.00866. The molecule has 3 aromatic carbocycles. The summed E-state index contributed by atoms with van der Waals surface area (Å²) in [4.78, 5) is 30.1. The fraction of sp³-hybridized carbons (Fsp3) is 0.0800. The lowest BCUT2D eigenvalue weighted by molar-refractivity contribution is 0.102. The average molecular weight is 411 g/mol. The molecule has 0 fully saturated rings. The number of rotatable bonds is 5. The highest BCUT2D eigenvalue weighted by atomic mass is 16.4. The molecule has 4 aromatic rings. The standard InChI is InChI=1S/C25H21N3O3/c1-16-9-8-12-19(15-16)26-23(29)20-13-6-7-14-21(20)27-24(30)22-17(2)31-25(28-22)18-10-4-3-5-11-18/h3-15H,1-2H3,(H,26,29)(H,27,30). The van der Waals surface area contributed by atoms with Crippen molar-refractivity contribution in [3.8, 4) is 11.5 Å². The smallest absolute Gasteiger partial charge is 0.277 e. The summed E-state index contributed by atoms with van der Waals surface area (Å²) >= 11 is 0. The van der Waals surface area contributed by atoms with Crippen molar-refractivity contribution in [3.05, 3.63) is 101 Å². The molecular weight excluding hydrogens is 390 g/mol. The topological polar surface area (TPSA) is 84.2 Å². The van der Waals surface area contributed by atoms with Gasteiger partial charge in [0.25, 0.3) is 11.8 Å². The maximum absolute atomic E-state index is 12.9. The van der Waals surface area contributed by atoms with Crippen molar-refractivity contribution in [2.75, 3.05) is 10.6 Å². The van der Waals surface area contributed by atoms with Gasteiger partial charge in [-0.15, -0.1) is 0 Å². The fourth-order valence-electron chi connectivity index (χ4n) is 3.20. The van der Waals surface area contributed by atoms with E-state index in [1.54, 1.807) is 31.2 Å². The number of aryl methyl sites for hydroxylation is 2. The molecule has 2 N–H and O–H groups in total. The van der Waals surface area contributed by atoms with Crippen molar-refractivity contribution in [2.45, 2.75) is 13.8 Å². The number of hydrogen-bond donors (Lipinski definition) is 2. The molecular formula is C25H21N3O3. The van der Waals surface area contributed by atoms with Crippen LogP contribution in [-0.2, 0) is 0 Å². The van der Waals surface area contributed by atoms with Gasteiger partial charge in [0.1, 0.15) is 5.76 Å².